The summed E-state index contributed by atoms with van der Waals surface area (Å²) in [5, 5.41) is 10.7. The summed E-state index contributed by atoms with van der Waals surface area (Å²) >= 11 is 0. The highest BCUT2D eigenvalue weighted by Gasteiger charge is 2.18. The fourth-order valence-corrected chi connectivity index (χ4v) is 1.28. The van der Waals surface area contributed by atoms with Gasteiger partial charge in [-0.15, -0.1) is 0 Å². The molecule has 0 fully saturated rings. The van der Waals surface area contributed by atoms with E-state index in [0.29, 0.717) is 0 Å². The fourth-order valence-electron chi connectivity index (χ4n) is 1.28. The first-order chi connectivity index (χ1) is 7.95. The zero-order valence-corrected chi connectivity index (χ0v) is 9.43. The maximum atomic E-state index is 11.4. The number of rotatable bonds is 4. The fraction of sp³-hybridized carbons (Fsp3) is 0.273. The van der Waals surface area contributed by atoms with Crippen molar-refractivity contribution < 1.29 is 19.2 Å². The lowest BCUT2D eigenvalue weighted by atomic mass is 10.1. The van der Waals surface area contributed by atoms with E-state index in [9.17, 15) is 19.7 Å². The summed E-state index contributed by atoms with van der Waals surface area (Å²) in [6.07, 6.45) is 0.275. The second-order valence-corrected chi connectivity index (χ2v) is 3.31. The molecule has 6 heteroatoms. The number of carbonyl (C=O) groups excluding carboxylic acids is 2. The second-order valence-electron chi connectivity index (χ2n) is 3.31. The van der Waals surface area contributed by atoms with E-state index in [4.69, 9.17) is 4.74 Å². The van der Waals surface area contributed by atoms with Crippen LogP contribution in [0, 0.1) is 10.1 Å². The predicted molar refractivity (Wildman–Crippen MR) is 59.0 cm³/mol. The van der Waals surface area contributed by atoms with Gasteiger partial charge in [0, 0.05) is 25.0 Å². The van der Waals surface area contributed by atoms with Gasteiger partial charge in [-0.1, -0.05) is 6.92 Å². The Morgan fingerprint density at radius 3 is 2.53 bits per heavy atom. The Kier molecular flexibility index (Phi) is 3.92. The zero-order valence-electron chi connectivity index (χ0n) is 9.43. The Balaban J connectivity index is 3.23. The van der Waals surface area contributed by atoms with E-state index in [1.807, 2.05) is 0 Å². The molecule has 17 heavy (non-hydrogen) atoms. The van der Waals surface area contributed by atoms with Crippen LogP contribution in [0.2, 0.25) is 0 Å². The molecule has 0 unspecified atom stereocenters. The smallest absolute Gasteiger partial charge is 0.311 e. The molecular formula is C11H11NO5. The molecule has 0 N–H and O–H groups in total. The third-order valence-corrected chi connectivity index (χ3v) is 2.05. The predicted octanol–water partition coefficient (Wildman–Crippen LogP) is 2.11. The number of nitro benzene ring substituents is 1. The van der Waals surface area contributed by atoms with Gasteiger partial charge >= 0.3 is 11.7 Å². The van der Waals surface area contributed by atoms with Crippen molar-refractivity contribution in [2.24, 2.45) is 0 Å². The average molecular weight is 237 g/mol. The minimum atomic E-state index is -0.672. The number of nitrogens with zero attached hydrogens (tertiary/aromatic N) is 1. The molecule has 0 aromatic heterocycles. The molecule has 0 atom stereocenters. The Labute approximate surface area is 97.3 Å². The van der Waals surface area contributed by atoms with Crippen molar-refractivity contribution in [3.05, 3.63) is 33.9 Å². The summed E-state index contributed by atoms with van der Waals surface area (Å²) in [4.78, 5) is 32.2. The van der Waals surface area contributed by atoms with Crippen LogP contribution in [0.3, 0.4) is 0 Å². The molecule has 0 aliphatic rings. The first-order valence-electron chi connectivity index (χ1n) is 4.95. The molecule has 0 spiro atoms. The van der Waals surface area contributed by atoms with Crippen molar-refractivity contribution in [1.82, 2.24) is 0 Å². The lowest BCUT2D eigenvalue weighted by Crippen LogP contribution is -2.06. The molecule has 0 amide bonds. The monoisotopic (exact) mass is 237 g/mol. The third kappa shape index (κ3) is 3.10. The number of Topliss-reactive ketones (excluding diaryl/α,β-unsaturated/α-hetero) is 1. The van der Waals surface area contributed by atoms with Crippen LogP contribution in [0.25, 0.3) is 0 Å². The molecule has 0 bridgehead atoms. The molecule has 90 valence electrons. The largest absolute Gasteiger partial charge is 0.419 e. The first-order valence-corrected chi connectivity index (χ1v) is 4.95. The topological polar surface area (TPSA) is 86.5 Å². The number of esters is 1. The molecule has 1 aromatic rings. The summed E-state index contributed by atoms with van der Waals surface area (Å²) in [5.74, 6) is -1.05. The second kappa shape index (κ2) is 5.20. The molecule has 1 rings (SSSR count). The van der Waals surface area contributed by atoms with Crippen molar-refractivity contribution >= 4 is 17.4 Å². The van der Waals surface area contributed by atoms with E-state index in [-0.39, 0.29) is 29.2 Å². The summed E-state index contributed by atoms with van der Waals surface area (Å²) in [6, 6.07) is 3.71. The van der Waals surface area contributed by atoms with Gasteiger partial charge in [0.1, 0.15) is 0 Å². The highest BCUT2D eigenvalue weighted by Crippen LogP contribution is 2.28. The molecule has 0 radical (unpaired) electrons. The van der Waals surface area contributed by atoms with Crippen LogP contribution >= 0.6 is 0 Å². The Bertz CT molecular complexity index is 481. The number of ether oxygens (including phenoxy) is 1. The van der Waals surface area contributed by atoms with E-state index in [0.717, 1.165) is 13.0 Å². The van der Waals surface area contributed by atoms with Crippen molar-refractivity contribution in [3.63, 3.8) is 0 Å². The minimum Gasteiger partial charge on any atom is -0.419 e. The van der Waals surface area contributed by atoms with Crippen molar-refractivity contribution in [1.29, 1.82) is 0 Å². The van der Waals surface area contributed by atoms with Crippen LogP contribution in [0.5, 0.6) is 5.75 Å². The van der Waals surface area contributed by atoms with Crippen LogP contribution in [-0.4, -0.2) is 16.7 Å². The minimum absolute atomic E-state index is 0.173. The molecule has 1 aromatic carbocycles. The third-order valence-electron chi connectivity index (χ3n) is 2.05. The van der Waals surface area contributed by atoms with Gasteiger partial charge in [0.15, 0.2) is 5.78 Å². The number of hydrogen-bond donors (Lipinski definition) is 0. The molecule has 0 saturated heterocycles. The standard InChI is InChI=1S/C11H11NO5/c1-3-10(14)8-4-5-9(12(15)16)11(6-8)17-7(2)13/h4-6H,3H2,1-2H3. The molecule has 6 nitrogen and oxygen atoms in total. The lowest BCUT2D eigenvalue weighted by Gasteiger charge is -2.04. The van der Waals surface area contributed by atoms with Crippen molar-refractivity contribution in [3.8, 4) is 5.75 Å². The summed E-state index contributed by atoms with van der Waals surface area (Å²) < 4.78 is 4.71. The highest BCUT2D eigenvalue weighted by molar-refractivity contribution is 5.96. The number of benzene rings is 1. The maximum Gasteiger partial charge on any atom is 0.311 e. The summed E-state index contributed by atoms with van der Waals surface area (Å²) in [7, 11) is 0. The molecular weight excluding hydrogens is 226 g/mol. The number of nitro groups is 1. The van der Waals surface area contributed by atoms with Crippen LogP contribution < -0.4 is 4.74 Å². The van der Waals surface area contributed by atoms with Gasteiger partial charge in [-0.05, 0) is 12.1 Å². The zero-order chi connectivity index (χ0) is 13.0. The lowest BCUT2D eigenvalue weighted by molar-refractivity contribution is -0.385. The molecule has 0 heterocycles. The van der Waals surface area contributed by atoms with Crippen molar-refractivity contribution in [2.75, 3.05) is 0 Å². The van der Waals surface area contributed by atoms with Gasteiger partial charge in [0.25, 0.3) is 0 Å². The first kappa shape index (κ1) is 12.8. The van der Waals surface area contributed by atoms with Gasteiger partial charge in [-0.2, -0.15) is 0 Å². The van der Waals surface area contributed by atoms with E-state index in [1.54, 1.807) is 6.92 Å². The average Bonchev–Trinajstić information content (AvgIpc) is 2.26. The van der Waals surface area contributed by atoms with Crippen LogP contribution in [-0.2, 0) is 4.79 Å². The van der Waals surface area contributed by atoms with Gasteiger partial charge in [-0.25, -0.2) is 0 Å². The van der Waals surface area contributed by atoms with Crippen LogP contribution in [0.1, 0.15) is 30.6 Å². The van der Waals surface area contributed by atoms with E-state index in [2.05, 4.69) is 0 Å². The normalized spacial score (nSPS) is 9.76. The number of ketones is 1. The Hall–Kier alpha value is -2.24. The molecule has 0 aliphatic carbocycles. The maximum absolute atomic E-state index is 11.4. The van der Waals surface area contributed by atoms with Gasteiger partial charge in [-0.3, -0.25) is 19.7 Å². The number of carbonyl (C=O) groups is 2. The molecule has 0 aliphatic heterocycles. The van der Waals surface area contributed by atoms with Crippen LogP contribution in [0.15, 0.2) is 18.2 Å². The quantitative estimate of drug-likeness (QED) is 0.263. The van der Waals surface area contributed by atoms with Crippen molar-refractivity contribution in [2.45, 2.75) is 20.3 Å². The summed E-state index contributed by atoms with van der Waals surface area (Å²) in [6.45, 7) is 2.81. The highest BCUT2D eigenvalue weighted by atomic mass is 16.6. The van der Waals surface area contributed by atoms with Crippen LogP contribution in [0.4, 0.5) is 5.69 Å². The molecule has 0 saturated carbocycles. The Morgan fingerprint density at radius 1 is 1.41 bits per heavy atom. The van der Waals surface area contributed by atoms with E-state index >= 15 is 0 Å². The van der Waals surface area contributed by atoms with Gasteiger partial charge in [0.05, 0.1) is 4.92 Å². The number of hydrogen-bond acceptors (Lipinski definition) is 5. The summed E-state index contributed by atoms with van der Waals surface area (Å²) in [5.41, 5.74) is -0.0535. The Morgan fingerprint density at radius 2 is 2.06 bits per heavy atom. The van der Waals surface area contributed by atoms with Gasteiger partial charge < -0.3 is 4.74 Å². The van der Waals surface area contributed by atoms with Gasteiger partial charge in [0.2, 0.25) is 5.75 Å². The SMILES string of the molecule is CCC(=O)c1ccc([N+](=O)[O-])c(OC(C)=O)c1. The van der Waals surface area contributed by atoms with E-state index < -0.39 is 10.9 Å². The van der Waals surface area contributed by atoms with E-state index in [1.165, 1.54) is 12.1 Å².